The summed E-state index contributed by atoms with van der Waals surface area (Å²) in [6, 6.07) is -0.719. The molecule has 2 rings (SSSR count). The van der Waals surface area contributed by atoms with Gasteiger partial charge in [0.1, 0.15) is 11.4 Å². The van der Waals surface area contributed by atoms with E-state index in [4.69, 9.17) is 9.84 Å². The van der Waals surface area contributed by atoms with Crippen molar-refractivity contribution in [2.75, 3.05) is 19.4 Å². The molecule has 7 heteroatoms. The molecule has 1 amide bonds. The maximum atomic E-state index is 12.2. The molecule has 0 aromatic rings. The zero-order chi connectivity index (χ0) is 14.0. The van der Waals surface area contributed by atoms with Gasteiger partial charge in [0, 0.05) is 12.9 Å². The lowest BCUT2D eigenvalue weighted by atomic mass is 9.99. The van der Waals surface area contributed by atoms with E-state index in [1.807, 2.05) is 0 Å². The third kappa shape index (κ3) is 2.23. The highest BCUT2D eigenvalue weighted by atomic mass is 32.2. The average molecular weight is 288 g/mol. The molecular weight excluding hydrogens is 268 g/mol. The van der Waals surface area contributed by atoms with Crippen LogP contribution in [-0.4, -0.2) is 58.4 Å². The van der Waals surface area contributed by atoms with Crippen LogP contribution in [0.4, 0.5) is 0 Å². The Morgan fingerprint density at radius 1 is 1.63 bits per heavy atom. The van der Waals surface area contributed by atoms with Crippen LogP contribution in [0.5, 0.6) is 0 Å². The number of carboxylic acids is 1. The SMILES string of the molecule is CCCCCN[C@]1(OC)C(=O)N2C(C(=O)O)CS[C@@H]21. The first-order valence-electron chi connectivity index (χ1n) is 6.55. The second kappa shape index (κ2) is 5.68. The van der Waals surface area contributed by atoms with Crippen LogP contribution in [0, 0.1) is 0 Å². The first-order valence-corrected chi connectivity index (χ1v) is 7.60. The fraction of sp³-hybridized carbons (Fsp3) is 0.833. The Morgan fingerprint density at radius 3 is 2.95 bits per heavy atom. The van der Waals surface area contributed by atoms with Crippen molar-refractivity contribution < 1.29 is 19.4 Å². The highest BCUT2D eigenvalue weighted by Gasteiger charge is 2.67. The van der Waals surface area contributed by atoms with Crippen LogP contribution in [-0.2, 0) is 14.3 Å². The molecule has 0 aromatic carbocycles. The summed E-state index contributed by atoms with van der Waals surface area (Å²) in [6.07, 6.45) is 3.19. The van der Waals surface area contributed by atoms with Gasteiger partial charge in [0.2, 0.25) is 5.72 Å². The molecule has 0 radical (unpaired) electrons. The van der Waals surface area contributed by atoms with E-state index in [1.54, 1.807) is 0 Å². The highest BCUT2D eigenvalue weighted by Crippen LogP contribution is 2.46. The summed E-state index contributed by atoms with van der Waals surface area (Å²) in [5.41, 5.74) is -1.03. The Kier molecular flexibility index (Phi) is 4.37. The Balaban J connectivity index is 2.00. The summed E-state index contributed by atoms with van der Waals surface area (Å²) in [4.78, 5) is 24.7. The van der Waals surface area contributed by atoms with E-state index >= 15 is 0 Å². The first-order chi connectivity index (χ1) is 9.08. The Bertz CT molecular complexity index is 379. The van der Waals surface area contributed by atoms with Crippen molar-refractivity contribution >= 4 is 23.6 Å². The van der Waals surface area contributed by atoms with E-state index in [-0.39, 0.29) is 11.3 Å². The van der Waals surface area contributed by atoms with E-state index in [0.29, 0.717) is 12.3 Å². The quantitative estimate of drug-likeness (QED) is 0.403. The lowest BCUT2D eigenvalue weighted by Crippen LogP contribution is -2.79. The third-order valence-electron chi connectivity index (χ3n) is 3.68. The van der Waals surface area contributed by atoms with Crippen molar-refractivity contribution in [1.29, 1.82) is 0 Å². The zero-order valence-corrected chi connectivity index (χ0v) is 12.0. The van der Waals surface area contributed by atoms with Gasteiger partial charge in [0.25, 0.3) is 5.91 Å². The lowest BCUT2D eigenvalue weighted by molar-refractivity contribution is -0.198. The molecule has 2 aliphatic rings. The van der Waals surface area contributed by atoms with Crippen LogP contribution < -0.4 is 5.32 Å². The second-order valence-electron chi connectivity index (χ2n) is 4.83. The number of amides is 1. The van der Waals surface area contributed by atoms with Gasteiger partial charge >= 0.3 is 5.97 Å². The monoisotopic (exact) mass is 288 g/mol. The maximum Gasteiger partial charge on any atom is 0.327 e. The number of carboxylic acid groups (broad SMARTS) is 1. The molecule has 0 spiro atoms. The van der Waals surface area contributed by atoms with Gasteiger partial charge in [0.15, 0.2) is 0 Å². The lowest BCUT2D eigenvalue weighted by Gasteiger charge is -2.52. The van der Waals surface area contributed by atoms with Crippen molar-refractivity contribution in [2.24, 2.45) is 0 Å². The molecule has 2 fully saturated rings. The van der Waals surface area contributed by atoms with E-state index < -0.39 is 17.7 Å². The minimum absolute atomic E-state index is 0.229. The largest absolute Gasteiger partial charge is 0.480 e. The molecule has 2 N–H and O–H groups in total. The Hall–Kier alpha value is -0.790. The predicted molar refractivity (Wildman–Crippen MR) is 71.8 cm³/mol. The molecule has 2 saturated heterocycles. The number of methoxy groups -OCH3 is 1. The molecule has 19 heavy (non-hydrogen) atoms. The van der Waals surface area contributed by atoms with Gasteiger partial charge in [-0.3, -0.25) is 10.1 Å². The molecule has 0 saturated carbocycles. The summed E-state index contributed by atoms with van der Waals surface area (Å²) in [6.45, 7) is 2.82. The fourth-order valence-corrected chi connectivity index (χ4v) is 4.15. The Labute approximate surface area is 116 Å². The number of β-lactam (4-membered cyclic amide) rings is 1. The Morgan fingerprint density at radius 2 is 2.37 bits per heavy atom. The van der Waals surface area contributed by atoms with Crippen molar-refractivity contribution in [3.63, 3.8) is 0 Å². The topological polar surface area (TPSA) is 78.9 Å². The van der Waals surface area contributed by atoms with Crippen LogP contribution in [0.3, 0.4) is 0 Å². The summed E-state index contributed by atoms with van der Waals surface area (Å²) < 4.78 is 5.39. The minimum Gasteiger partial charge on any atom is -0.480 e. The summed E-state index contributed by atoms with van der Waals surface area (Å²) in [7, 11) is 1.50. The van der Waals surface area contributed by atoms with Gasteiger partial charge in [-0.2, -0.15) is 0 Å². The fourth-order valence-electron chi connectivity index (χ4n) is 2.56. The molecule has 3 atom stereocenters. The van der Waals surface area contributed by atoms with E-state index in [0.717, 1.165) is 19.3 Å². The summed E-state index contributed by atoms with van der Waals surface area (Å²) in [5, 5.41) is 12.0. The van der Waals surface area contributed by atoms with Crippen molar-refractivity contribution in [3.05, 3.63) is 0 Å². The van der Waals surface area contributed by atoms with Gasteiger partial charge in [0.05, 0.1) is 0 Å². The number of fused-ring (bicyclic) bond motifs is 1. The number of nitrogens with one attached hydrogen (secondary N) is 1. The maximum absolute atomic E-state index is 12.2. The van der Waals surface area contributed by atoms with Gasteiger partial charge in [-0.15, -0.1) is 11.8 Å². The number of aliphatic carboxylic acids is 1. The number of unbranched alkanes of at least 4 members (excludes halogenated alkanes) is 2. The van der Waals surface area contributed by atoms with E-state index in [9.17, 15) is 9.59 Å². The number of carbonyl (C=O) groups is 2. The number of rotatable bonds is 7. The number of hydrogen-bond acceptors (Lipinski definition) is 5. The number of ether oxygens (including phenoxy) is 1. The van der Waals surface area contributed by atoms with Crippen LogP contribution in [0.25, 0.3) is 0 Å². The van der Waals surface area contributed by atoms with E-state index in [1.165, 1.54) is 23.8 Å². The smallest absolute Gasteiger partial charge is 0.327 e. The van der Waals surface area contributed by atoms with Crippen molar-refractivity contribution in [2.45, 2.75) is 43.3 Å². The number of thioether (sulfide) groups is 1. The number of hydrogen-bond donors (Lipinski definition) is 2. The molecule has 0 aliphatic carbocycles. The first kappa shape index (κ1) is 14.6. The summed E-state index contributed by atoms with van der Waals surface area (Å²) >= 11 is 1.46. The zero-order valence-electron chi connectivity index (χ0n) is 11.2. The molecular formula is C12H20N2O4S. The molecule has 0 aromatic heterocycles. The number of carbonyl (C=O) groups excluding carboxylic acids is 1. The molecule has 2 heterocycles. The normalized spacial score (nSPS) is 33.2. The second-order valence-corrected chi connectivity index (χ2v) is 5.94. The highest BCUT2D eigenvalue weighted by molar-refractivity contribution is 8.00. The average Bonchev–Trinajstić information content (AvgIpc) is 2.80. The van der Waals surface area contributed by atoms with Gasteiger partial charge in [-0.25, -0.2) is 4.79 Å². The van der Waals surface area contributed by atoms with Crippen molar-refractivity contribution in [1.82, 2.24) is 10.2 Å². The molecule has 1 unspecified atom stereocenters. The number of nitrogens with zero attached hydrogens (tertiary/aromatic N) is 1. The van der Waals surface area contributed by atoms with Crippen LogP contribution in [0.1, 0.15) is 26.2 Å². The molecule has 2 aliphatic heterocycles. The van der Waals surface area contributed by atoms with Crippen LogP contribution in [0.2, 0.25) is 0 Å². The molecule has 6 nitrogen and oxygen atoms in total. The van der Waals surface area contributed by atoms with Gasteiger partial charge in [-0.1, -0.05) is 19.8 Å². The van der Waals surface area contributed by atoms with Crippen molar-refractivity contribution in [3.8, 4) is 0 Å². The standard InChI is InChI=1S/C12H20N2O4S/c1-3-4-5-6-13-12(18-2)10(17)14-8(9(15)16)7-19-11(12)14/h8,11,13H,3-7H2,1-2H3,(H,15,16)/t8?,11-,12+/m1/s1. The molecule has 108 valence electrons. The minimum atomic E-state index is -1.03. The predicted octanol–water partition coefficient (Wildman–Crippen LogP) is 0.477. The summed E-state index contributed by atoms with van der Waals surface area (Å²) in [5.74, 6) is -0.777. The van der Waals surface area contributed by atoms with Gasteiger partial charge in [-0.05, 0) is 13.0 Å². The van der Waals surface area contributed by atoms with Crippen LogP contribution >= 0.6 is 11.8 Å². The van der Waals surface area contributed by atoms with Crippen LogP contribution in [0.15, 0.2) is 0 Å². The third-order valence-corrected chi connectivity index (χ3v) is 5.06. The van der Waals surface area contributed by atoms with E-state index in [2.05, 4.69) is 12.2 Å². The molecule has 0 bridgehead atoms. The van der Waals surface area contributed by atoms with Gasteiger partial charge < -0.3 is 14.7 Å².